The molecule has 1 aliphatic heterocycles. The molecule has 2 heterocycles. The molecule has 1 saturated heterocycles. The van der Waals surface area contributed by atoms with Crippen molar-refractivity contribution in [3.05, 3.63) is 89.2 Å². The first kappa shape index (κ1) is 21.6. The molecule has 33 heavy (non-hydrogen) atoms. The van der Waals surface area contributed by atoms with E-state index >= 15 is 0 Å². The van der Waals surface area contributed by atoms with Crippen molar-refractivity contribution in [2.24, 2.45) is 5.92 Å². The van der Waals surface area contributed by atoms with Crippen molar-refractivity contribution in [3.63, 3.8) is 0 Å². The monoisotopic (exact) mass is 479 g/mol. The molecule has 0 radical (unpaired) electrons. The SMILES string of the molecule is O=C1CC(C(=O)N(Cc2ccccc2)c2nc3c(Cl)cccc3s2)CN1c1ccc(F)cc1. The summed E-state index contributed by atoms with van der Waals surface area (Å²) < 4.78 is 14.2. The van der Waals surface area contributed by atoms with Gasteiger partial charge in [0, 0.05) is 18.7 Å². The maximum Gasteiger partial charge on any atom is 0.234 e. The quantitative estimate of drug-likeness (QED) is 0.370. The van der Waals surface area contributed by atoms with Crippen molar-refractivity contribution >= 4 is 55.8 Å². The first-order valence-corrected chi connectivity index (χ1v) is 11.7. The lowest BCUT2D eigenvalue weighted by atomic mass is 10.1. The Morgan fingerprint density at radius 1 is 1.09 bits per heavy atom. The van der Waals surface area contributed by atoms with E-state index < -0.39 is 5.92 Å². The third-order valence-corrected chi connectivity index (χ3v) is 7.00. The summed E-state index contributed by atoms with van der Waals surface area (Å²) in [6, 6.07) is 20.9. The highest BCUT2D eigenvalue weighted by Gasteiger charge is 2.38. The second kappa shape index (κ2) is 8.92. The molecule has 4 aromatic rings. The molecule has 1 unspecified atom stereocenters. The van der Waals surface area contributed by atoms with Gasteiger partial charge in [0.15, 0.2) is 5.13 Å². The van der Waals surface area contributed by atoms with Gasteiger partial charge in [0.1, 0.15) is 11.3 Å². The number of thiazole rings is 1. The summed E-state index contributed by atoms with van der Waals surface area (Å²) in [6.45, 7) is 0.568. The van der Waals surface area contributed by atoms with Crippen LogP contribution in [0.4, 0.5) is 15.2 Å². The number of para-hydroxylation sites is 1. The second-order valence-corrected chi connectivity index (χ2v) is 9.29. The summed E-state index contributed by atoms with van der Waals surface area (Å²) in [5, 5.41) is 1.07. The predicted octanol–water partition coefficient (Wildman–Crippen LogP) is 5.68. The molecule has 0 N–H and O–H groups in total. The van der Waals surface area contributed by atoms with Crippen molar-refractivity contribution in [3.8, 4) is 0 Å². The topological polar surface area (TPSA) is 53.5 Å². The molecular weight excluding hydrogens is 461 g/mol. The minimum Gasteiger partial charge on any atom is -0.312 e. The Bertz CT molecular complexity index is 1330. The molecule has 3 aromatic carbocycles. The van der Waals surface area contributed by atoms with Crippen LogP contribution in [0.3, 0.4) is 0 Å². The average molecular weight is 480 g/mol. The zero-order valence-corrected chi connectivity index (χ0v) is 19.0. The lowest BCUT2D eigenvalue weighted by molar-refractivity contribution is -0.124. The van der Waals surface area contributed by atoms with Crippen LogP contribution in [0.15, 0.2) is 72.8 Å². The average Bonchev–Trinajstić information content (AvgIpc) is 3.43. The molecule has 1 fully saturated rings. The van der Waals surface area contributed by atoms with Gasteiger partial charge in [0.05, 0.1) is 22.2 Å². The molecule has 5 nitrogen and oxygen atoms in total. The van der Waals surface area contributed by atoms with E-state index in [2.05, 4.69) is 4.98 Å². The number of halogens is 2. The fourth-order valence-corrected chi connectivity index (χ4v) is 5.26. The van der Waals surface area contributed by atoms with Crippen LogP contribution in [0.1, 0.15) is 12.0 Å². The lowest BCUT2D eigenvalue weighted by Gasteiger charge is -2.23. The van der Waals surface area contributed by atoms with Gasteiger partial charge < -0.3 is 4.90 Å². The van der Waals surface area contributed by atoms with Crippen LogP contribution in [-0.2, 0) is 16.1 Å². The van der Waals surface area contributed by atoms with E-state index in [0.717, 1.165) is 10.3 Å². The zero-order chi connectivity index (χ0) is 22.9. The molecule has 1 atom stereocenters. The van der Waals surface area contributed by atoms with E-state index in [9.17, 15) is 14.0 Å². The Morgan fingerprint density at radius 3 is 2.58 bits per heavy atom. The predicted molar refractivity (Wildman–Crippen MR) is 129 cm³/mol. The normalized spacial score (nSPS) is 15.9. The van der Waals surface area contributed by atoms with Gasteiger partial charge in [-0.2, -0.15) is 0 Å². The maximum atomic E-state index is 13.7. The molecule has 0 spiro atoms. The van der Waals surface area contributed by atoms with Crippen molar-refractivity contribution in [1.82, 2.24) is 4.98 Å². The molecule has 166 valence electrons. The summed E-state index contributed by atoms with van der Waals surface area (Å²) >= 11 is 7.72. The number of aromatic nitrogens is 1. The highest BCUT2D eigenvalue weighted by molar-refractivity contribution is 7.22. The molecule has 1 aromatic heterocycles. The summed E-state index contributed by atoms with van der Waals surface area (Å²) in [5.41, 5.74) is 2.19. The lowest BCUT2D eigenvalue weighted by Crippen LogP contribution is -2.37. The Balaban J connectivity index is 1.46. The van der Waals surface area contributed by atoms with Gasteiger partial charge in [-0.15, -0.1) is 0 Å². The number of rotatable bonds is 5. The largest absolute Gasteiger partial charge is 0.312 e. The summed E-state index contributed by atoms with van der Waals surface area (Å²) in [7, 11) is 0. The summed E-state index contributed by atoms with van der Waals surface area (Å²) in [6.07, 6.45) is 0.0904. The fraction of sp³-hybridized carbons (Fsp3) is 0.160. The number of carbonyl (C=O) groups excluding carboxylic acids is 2. The fourth-order valence-electron chi connectivity index (χ4n) is 3.99. The number of nitrogens with zero attached hydrogens (tertiary/aromatic N) is 3. The molecule has 0 aliphatic carbocycles. The van der Waals surface area contributed by atoms with E-state index in [4.69, 9.17) is 11.6 Å². The van der Waals surface area contributed by atoms with Crippen LogP contribution in [0.5, 0.6) is 0 Å². The van der Waals surface area contributed by atoms with Gasteiger partial charge in [-0.05, 0) is 42.0 Å². The third kappa shape index (κ3) is 4.34. The van der Waals surface area contributed by atoms with Crippen LogP contribution in [0.25, 0.3) is 10.2 Å². The van der Waals surface area contributed by atoms with E-state index in [0.29, 0.717) is 27.9 Å². The number of hydrogen-bond donors (Lipinski definition) is 0. The summed E-state index contributed by atoms with van der Waals surface area (Å²) in [4.78, 5) is 34.3. The van der Waals surface area contributed by atoms with Crippen molar-refractivity contribution in [2.45, 2.75) is 13.0 Å². The van der Waals surface area contributed by atoms with Crippen LogP contribution < -0.4 is 9.80 Å². The first-order chi connectivity index (χ1) is 16.0. The highest BCUT2D eigenvalue weighted by Crippen LogP contribution is 2.35. The van der Waals surface area contributed by atoms with E-state index in [1.807, 2.05) is 42.5 Å². The standard InChI is InChI=1S/C25H19ClFN3O2S/c26-20-7-4-8-21-23(20)28-25(33-21)30(14-16-5-2-1-3-6-16)24(32)17-13-22(31)29(15-17)19-11-9-18(27)10-12-19/h1-12,17H,13-15H2. The van der Waals surface area contributed by atoms with Crippen molar-refractivity contribution in [2.75, 3.05) is 16.3 Å². The van der Waals surface area contributed by atoms with Crippen LogP contribution in [-0.4, -0.2) is 23.3 Å². The van der Waals surface area contributed by atoms with Crippen molar-refractivity contribution < 1.29 is 14.0 Å². The number of fused-ring (bicyclic) bond motifs is 1. The minimum absolute atomic E-state index is 0.0904. The molecule has 0 bridgehead atoms. The van der Waals surface area contributed by atoms with Gasteiger partial charge in [-0.25, -0.2) is 9.37 Å². The van der Waals surface area contributed by atoms with E-state index in [1.54, 1.807) is 23.1 Å². The highest BCUT2D eigenvalue weighted by atomic mass is 35.5. The van der Waals surface area contributed by atoms with Crippen LogP contribution in [0.2, 0.25) is 5.02 Å². The second-order valence-electron chi connectivity index (χ2n) is 7.87. The van der Waals surface area contributed by atoms with E-state index in [-0.39, 0.29) is 30.6 Å². The molecule has 2 amide bonds. The molecule has 8 heteroatoms. The molecule has 0 saturated carbocycles. The molecule has 1 aliphatic rings. The van der Waals surface area contributed by atoms with E-state index in [1.165, 1.54) is 28.4 Å². The minimum atomic E-state index is -0.534. The van der Waals surface area contributed by atoms with Gasteiger partial charge in [-0.1, -0.05) is 59.3 Å². The third-order valence-electron chi connectivity index (χ3n) is 5.65. The Hall–Kier alpha value is -3.29. The van der Waals surface area contributed by atoms with Gasteiger partial charge in [-0.3, -0.25) is 14.5 Å². The Kier molecular flexibility index (Phi) is 5.83. The van der Waals surface area contributed by atoms with Crippen LogP contribution >= 0.6 is 22.9 Å². The molecule has 5 rings (SSSR count). The number of hydrogen-bond acceptors (Lipinski definition) is 4. The smallest absolute Gasteiger partial charge is 0.234 e. The Labute approximate surface area is 199 Å². The van der Waals surface area contributed by atoms with Crippen LogP contribution in [0, 0.1) is 11.7 Å². The summed E-state index contributed by atoms with van der Waals surface area (Å²) in [5.74, 6) is -1.24. The van der Waals surface area contributed by atoms with Gasteiger partial charge in [0.25, 0.3) is 0 Å². The zero-order valence-electron chi connectivity index (χ0n) is 17.4. The first-order valence-electron chi connectivity index (χ1n) is 10.5. The number of amides is 2. The van der Waals surface area contributed by atoms with Gasteiger partial charge in [0.2, 0.25) is 11.8 Å². The molecular formula is C25H19ClFN3O2S. The maximum absolute atomic E-state index is 13.7. The van der Waals surface area contributed by atoms with Gasteiger partial charge >= 0.3 is 0 Å². The number of anilines is 2. The number of benzene rings is 3. The number of carbonyl (C=O) groups is 2. The van der Waals surface area contributed by atoms with Crippen molar-refractivity contribution in [1.29, 1.82) is 0 Å². The Morgan fingerprint density at radius 2 is 1.85 bits per heavy atom.